The van der Waals surface area contributed by atoms with E-state index in [1.807, 2.05) is 24.3 Å². The molecular formula is C16H16BrFN2O. The van der Waals surface area contributed by atoms with E-state index < -0.39 is 0 Å². The van der Waals surface area contributed by atoms with Gasteiger partial charge in [-0.15, -0.1) is 0 Å². The molecule has 3 rings (SSSR count). The maximum absolute atomic E-state index is 14.1. The van der Waals surface area contributed by atoms with Gasteiger partial charge < -0.3 is 4.74 Å². The number of halogens is 2. The van der Waals surface area contributed by atoms with Gasteiger partial charge in [-0.1, -0.05) is 34.1 Å². The van der Waals surface area contributed by atoms with Gasteiger partial charge in [0.1, 0.15) is 11.6 Å². The van der Waals surface area contributed by atoms with Crippen LogP contribution in [0.15, 0.2) is 46.9 Å². The summed E-state index contributed by atoms with van der Waals surface area (Å²) in [5.41, 5.74) is 4.43. The molecule has 0 bridgehead atoms. The summed E-state index contributed by atoms with van der Waals surface area (Å²) in [6.45, 7) is 0.512. The largest absolute Gasteiger partial charge is 0.493 e. The molecule has 2 aromatic carbocycles. The van der Waals surface area contributed by atoms with Crippen molar-refractivity contribution in [2.75, 3.05) is 6.61 Å². The molecule has 1 heterocycles. The summed E-state index contributed by atoms with van der Waals surface area (Å²) in [7, 11) is 0. The summed E-state index contributed by atoms with van der Waals surface area (Å²) in [5.74, 6) is 6.40. The van der Waals surface area contributed by atoms with Crippen LogP contribution < -0.4 is 16.0 Å². The number of nitrogens with two attached hydrogens (primary N) is 1. The first kappa shape index (κ1) is 14.5. The summed E-state index contributed by atoms with van der Waals surface area (Å²) in [4.78, 5) is 0. The van der Waals surface area contributed by atoms with Crippen LogP contribution >= 0.6 is 15.9 Å². The van der Waals surface area contributed by atoms with E-state index in [9.17, 15) is 4.39 Å². The normalized spacial score (nSPS) is 18.7. The SMILES string of the molecule is NNC(c1cc(Br)ccc1F)C1COc2ccccc2C1. The lowest BCUT2D eigenvalue weighted by atomic mass is 9.86. The third-order valence-corrected chi connectivity index (χ3v) is 4.34. The highest BCUT2D eigenvalue weighted by Gasteiger charge is 2.29. The average molecular weight is 351 g/mol. The molecule has 1 aliphatic heterocycles. The van der Waals surface area contributed by atoms with Crippen LogP contribution in [0.4, 0.5) is 4.39 Å². The fourth-order valence-electron chi connectivity index (χ4n) is 2.80. The van der Waals surface area contributed by atoms with Gasteiger partial charge in [0.05, 0.1) is 12.6 Å². The Bertz CT molecular complexity index is 650. The van der Waals surface area contributed by atoms with Gasteiger partial charge in [-0.05, 0) is 36.2 Å². The van der Waals surface area contributed by atoms with E-state index in [1.54, 1.807) is 12.1 Å². The zero-order valence-electron chi connectivity index (χ0n) is 11.4. The highest BCUT2D eigenvalue weighted by Crippen LogP contribution is 2.34. The van der Waals surface area contributed by atoms with Crippen LogP contribution in [0.3, 0.4) is 0 Å². The molecule has 0 saturated heterocycles. The standard InChI is InChI=1S/C16H16BrFN2O/c17-12-5-6-14(18)13(8-12)16(20-19)11-7-10-3-1-2-4-15(10)21-9-11/h1-6,8,11,16,20H,7,9,19H2. The fraction of sp³-hybridized carbons (Fsp3) is 0.250. The van der Waals surface area contributed by atoms with Gasteiger partial charge in [0.2, 0.25) is 0 Å². The zero-order chi connectivity index (χ0) is 14.8. The zero-order valence-corrected chi connectivity index (χ0v) is 12.9. The molecule has 0 spiro atoms. The predicted molar refractivity (Wildman–Crippen MR) is 83.3 cm³/mol. The molecule has 0 amide bonds. The molecule has 0 aromatic heterocycles. The van der Waals surface area contributed by atoms with E-state index >= 15 is 0 Å². The Morgan fingerprint density at radius 2 is 2.10 bits per heavy atom. The summed E-state index contributed by atoms with van der Waals surface area (Å²) in [5, 5.41) is 0. The van der Waals surface area contributed by atoms with Gasteiger partial charge >= 0.3 is 0 Å². The van der Waals surface area contributed by atoms with Gasteiger partial charge in [-0.25, -0.2) is 4.39 Å². The Balaban J connectivity index is 1.90. The Labute approximate surface area is 131 Å². The Morgan fingerprint density at radius 3 is 2.90 bits per heavy atom. The van der Waals surface area contributed by atoms with Crippen molar-refractivity contribution in [2.45, 2.75) is 12.5 Å². The van der Waals surface area contributed by atoms with Crippen LogP contribution in [0.5, 0.6) is 5.75 Å². The third-order valence-electron chi connectivity index (χ3n) is 3.85. The van der Waals surface area contributed by atoms with Crippen molar-refractivity contribution >= 4 is 15.9 Å². The number of hydrogen-bond donors (Lipinski definition) is 2. The molecule has 0 aliphatic carbocycles. The number of fused-ring (bicyclic) bond motifs is 1. The monoisotopic (exact) mass is 350 g/mol. The number of rotatable bonds is 3. The van der Waals surface area contributed by atoms with Crippen molar-refractivity contribution in [3.05, 3.63) is 63.9 Å². The molecule has 3 nitrogen and oxygen atoms in total. The summed E-state index contributed by atoms with van der Waals surface area (Å²) >= 11 is 3.38. The van der Waals surface area contributed by atoms with Crippen LogP contribution in [0, 0.1) is 11.7 Å². The van der Waals surface area contributed by atoms with Crippen LogP contribution in [-0.2, 0) is 6.42 Å². The summed E-state index contributed by atoms with van der Waals surface area (Å²) in [6.07, 6.45) is 0.803. The van der Waals surface area contributed by atoms with Crippen molar-refractivity contribution in [3.8, 4) is 5.75 Å². The predicted octanol–water partition coefficient (Wildman–Crippen LogP) is 3.34. The number of nitrogens with one attached hydrogen (secondary N) is 1. The quantitative estimate of drug-likeness (QED) is 0.659. The third kappa shape index (κ3) is 2.95. The van der Waals surface area contributed by atoms with Crippen molar-refractivity contribution in [2.24, 2.45) is 11.8 Å². The molecule has 2 unspecified atom stereocenters. The van der Waals surface area contributed by atoms with Gasteiger partial charge in [0.15, 0.2) is 0 Å². The van der Waals surface area contributed by atoms with Gasteiger partial charge in [-0.2, -0.15) is 0 Å². The maximum atomic E-state index is 14.1. The summed E-state index contributed by atoms with van der Waals surface area (Å²) < 4.78 is 20.7. The molecule has 0 radical (unpaired) electrons. The first-order chi connectivity index (χ1) is 10.2. The Morgan fingerprint density at radius 1 is 1.29 bits per heavy atom. The minimum Gasteiger partial charge on any atom is -0.493 e. The van der Waals surface area contributed by atoms with E-state index in [4.69, 9.17) is 10.6 Å². The van der Waals surface area contributed by atoms with Crippen LogP contribution in [-0.4, -0.2) is 6.61 Å². The maximum Gasteiger partial charge on any atom is 0.128 e. The second kappa shape index (κ2) is 6.13. The molecule has 0 fully saturated rings. The molecule has 3 N–H and O–H groups in total. The van der Waals surface area contributed by atoms with Crippen LogP contribution in [0.1, 0.15) is 17.2 Å². The topological polar surface area (TPSA) is 47.3 Å². The van der Waals surface area contributed by atoms with Crippen molar-refractivity contribution in [1.29, 1.82) is 0 Å². The highest BCUT2D eigenvalue weighted by molar-refractivity contribution is 9.10. The minimum absolute atomic E-state index is 0.0775. The summed E-state index contributed by atoms with van der Waals surface area (Å²) in [6, 6.07) is 12.5. The first-order valence-corrected chi connectivity index (χ1v) is 7.60. The van der Waals surface area contributed by atoms with E-state index in [2.05, 4.69) is 21.4 Å². The Kier molecular flexibility index (Phi) is 4.24. The number of ether oxygens (including phenoxy) is 1. The molecule has 1 aliphatic rings. The number of para-hydroxylation sites is 1. The molecule has 110 valence electrons. The molecule has 2 aromatic rings. The number of benzene rings is 2. The second-order valence-electron chi connectivity index (χ2n) is 5.19. The van der Waals surface area contributed by atoms with Crippen LogP contribution in [0.2, 0.25) is 0 Å². The van der Waals surface area contributed by atoms with Crippen LogP contribution in [0.25, 0.3) is 0 Å². The highest BCUT2D eigenvalue weighted by atomic mass is 79.9. The van der Waals surface area contributed by atoms with Gasteiger partial charge in [0, 0.05) is 16.0 Å². The van der Waals surface area contributed by atoms with Gasteiger partial charge in [-0.3, -0.25) is 11.3 Å². The molecule has 5 heteroatoms. The molecule has 2 atom stereocenters. The minimum atomic E-state index is -0.296. The molecule has 21 heavy (non-hydrogen) atoms. The van der Waals surface area contributed by atoms with Crippen molar-refractivity contribution < 1.29 is 9.13 Å². The first-order valence-electron chi connectivity index (χ1n) is 6.81. The van der Waals surface area contributed by atoms with E-state index in [0.29, 0.717) is 12.2 Å². The number of hydrazine groups is 1. The van der Waals surface area contributed by atoms with E-state index in [-0.39, 0.29) is 17.8 Å². The lowest BCUT2D eigenvalue weighted by Crippen LogP contribution is -2.39. The number of hydrogen-bond acceptors (Lipinski definition) is 3. The fourth-order valence-corrected chi connectivity index (χ4v) is 3.18. The lowest BCUT2D eigenvalue weighted by molar-refractivity contribution is 0.183. The molecular weight excluding hydrogens is 335 g/mol. The van der Waals surface area contributed by atoms with Crippen molar-refractivity contribution in [3.63, 3.8) is 0 Å². The smallest absolute Gasteiger partial charge is 0.128 e. The average Bonchev–Trinajstić information content (AvgIpc) is 2.51. The van der Waals surface area contributed by atoms with E-state index in [1.165, 1.54) is 6.07 Å². The lowest BCUT2D eigenvalue weighted by Gasteiger charge is -2.31. The molecule has 0 saturated carbocycles. The second-order valence-corrected chi connectivity index (χ2v) is 6.11. The Hall–Kier alpha value is -1.43. The van der Waals surface area contributed by atoms with Crippen molar-refractivity contribution in [1.82, 2.24) is 5.43 Å². The van der Waals surface area contributed by atoms with E-state index in [0.717, 1.165) is 22.2 Å². The van der Waals surface area contributed by atoms with Gasteiger partial charge in [0.25, 0.3) is 0 Å².